The van der Waals surface area contributed by atoms with E-state index in [0.717, 1.165) is 10.0 Å². The van der Waals surface area contributed by atoms with E-state index in [1.807, 2.05) is 19.1 Å². The zero-order valence-electron chi connectivity index (χ0n) is 10.8. The molecule has 0 aromatic heterocycles. The van der Waals surface area contributed by atoms with Gasteiger partial charge in [-0.05, 0) is 42.8 Å². The van der Waals surface area contributed by atoms with Crippen molar-refractivity contribution in [1.82, 2.24) is 0 Å². The van der Waals surface area contributed by atoms with Crippen molar-refractivity contribution in [3.05, 3.63) is 58.3 Å². The molecule has 0 aliphatic carbocycles. The maximum absolute atomic E-state index is 12.9. The highest BCUT2D eigenvalue weighted by Crippen LogP contribution is 2.20. The van der Waals surface area contributed by atoms with Crippen molar-refractivity contribution in [3.8, 4) is 5.75 Å². The molecule has 3 nitrogen and oxygen atoms in total. The number of amides is 1. The number of carbonyl (C=O) groups is 1. The Labute approximate surface area is 124 Å². The highest BCUT2D eigenvalue weighted by molar-refractivity contribution is 9.10. The summed E-state index contributed by atoms with van der Waals surface area (Å²) < 4.78 is 19.1. The van der Waals surface area contributed by atoms with Crippen LogP contribution in [0.1, 0.15) is 5.56 Å². The predicted octanol–water partition coefficient (Wildman–Crippen LogP) is 3.91. The van der Waals surface area contributed by atoms with Crippen LogP contribution in [0.5, 0.6) is 5.75 Å². The summed E-state index contributed by atoms with van der Waals surface area (Å²) in [5.74, 6) is -0.366. The van der Waals surface area contributed by atoms with E-state index in [1.165, 1.54) is 18.2 Å². The lowest BCUT2D eigenvalue weighted by Crippen LogP contribution is -2.20. The first kappa shape index (κ1) is 14.5. The number of ether oxygens (including phenoxy) is 1. The topological polar surface area (TPSA) is 38.3 Å². The van der Waals surface area contributed by atoms with Crippen LogP contribution in [0, 0.1) is 12.7 Å². The molecule has 2 rings (SSSR count). The molecular formula is C15H13BrFNO2. The highest BCUT2D eigenvalue weighted by atomic mass is 79.9. The van der Waals surface area contributed by atoms with E-state index in [1.54, 1.807) is 12.1 Å². The molecule has 0 saturated heterocycles. The van der Waals surface area contributed by atoms with Crippen molar-refractivity contribution in [3.63, 3.8) is 0 Å². The number of nitrogens with one attached hydrogen (secondary N) is 1. The largest absolute Gasteiger partial charge is 0.484 e. The molecule has 0 bridgehead atoms. The smallest absolute Gasteiger partial charge is 0.262 e. The summed E-state index contributed by atoms with van der Waals surface area (Å²) >= 11 is 3.39. The van der Waals surface area contributed by atoms with E-state index in [4.69, 9.17) is 4.74 Å². The number of hydrogen-bond acceptors (Lipinski definition) is 2. The second kappa shape index (κ2) is 6.52. The quantitative estimate of drug-likeness (QED) is 0.918. The van der Waals surface area contributed by atoms with Gasteiger partial charge in [0, 0.05) is 16.2 Å². The standard InChI is InChI=1S/C15H13BrFNO2/c1-10-7-12(5-6-14(10)16)18-15(19)9-20-13-4-2-3-11(17)8-13/h2-8H,9H2,1H3,(H,18,19). The van der Waals surface area contributed by atoms with Crippen LogP contribution in [-0.2, 0) is 4.79 Å². The number of rotatable bonds is 4. The number of hydrogen-bond donors (Lipinski definition) is 1. The first-order chi connectivity index (χ1) is 9.54. The monoisotopic (exact) mass is 337 g/mol. The van der Waals surface area contributed by atoms with Crippen LogP contribution in [0.25, 0.3) is 0 Å². The Morgan fingerprint density at radius 1 is 1.30 bits per heavy atom. The van der Waals surface area contributed by atoms with Gasteiger partial charge in [0.25, 0.3) is 5.91 Å². The van der Waals surface area contributed by atoms with Gasteiger partial charge in [-0.15, -0.1) is 0 Å². The van der Waals surface area contributed by atoms with Gasteiger partial charge in [0.15, 0.2) is 6.61 Å². The molecule has 0 spiro atoms. The average Bonchev–Trinajstić information content (AvgIpc) is 2.41. The first-order valence-corrected chi connectivity index (χ1v) is 6.78. The van der Waals surface area contributed by atoms with Gasteiger partial charge in [0.2, 0.25) is 0 Å². The minimum atomic E-state index is -0.397. The number of halogens is 2. The Balaban J connectivity index is 1.91. The molecule has 104 valence electrons. The van der Waals surface area contributed by atoms with Crippen LogP contribution >= 0.6 is 15.9 Å². The molecule has 2 aromatic rings. The lowest BCUT2D eigenvalue weighted by atomic mass is 10.2. The van der Waals surface area contributed by atoms with Crippen LogP contribution in [0.3, 0.4) is 0 Å². The third kappa shape index (κ3) is 4.06. The summed E-state index contributed by atoms with van der Waals surface area (Å²) in [4.78, 5) is 11.7. The van der Waals surface area contributed by atoms with Crippen molar-refractivity contribution in [1.29, 1.82) is 0 Å². The van der Waals surface area contributed by atoms with Gasteiger partial charge in [-0.3, -0.25) is 4.79 Å². The molecule has 0 aliphatic heterocycles. The van der Waals surface area contributed by atoms with E-state index in [-0.39, 0.29) is 12.5 Å². The Bertz CT molecular complexity index is 631. The lowest BCUT2D eigenvalue weighted by Gasteiger charge is -2.08. The fourth-order valence-corrected chi connectivity index (χ4v) is 1.87. The number of anilines is 1. The number of aryl methyl sites for hydroxylation is 1. The molecule has 0 heterocycles. The minimum Gasteiger partial charge on any atom is -0.484 e. The maximum Gasteiger partial charge on any atom is 0.262 e. The third-order valence-electron chi connectivity index (χ3n) is 2.61. The van der Waals surface area contributed by atoms with Gasteiger partial charge in [-0.2, -0.15) is 0 Å². The Morgan fingerprint density at radius 2 is 2.10 bits per heavy atom. The van der Waals surface area contributed by atoms with E-state index in [0.29, 0.717) is 11.4 Å². The van der Waals surface area contributed by atoms with E-state index < -0.39 is 5.82 Å². The van der Waals surface area contributed by atoms with Crippen LogP contribution in [0.15, 0.2) is 46.9 Å². The fourth-order valence-electron chi connectivity index (χ4n) is 1.63. The summed E-state index contributed by atoms with van der Waals surface area (Å²) in [6, 6.07) is 11.2. The van der Waals surface area contributed by atoms with Crippen molar-refractivity contribution in [2.24, 2.45) is 0 Å². The van der Waals surface area contributed by atoms with Gasteiger partial charge >= 0.3 is 0 Å². The Hall–Kier alpha value is -1.88. The molecule has 5 heteroatoms. The van der Waals surface area contributed by atoms with Gasteiger partial charge in [-0.25, -0.2) is 4.39 Å². The third-order valence-corrected chi connectivity index (χ3v) is 3.50. The summed E-state index contributed by atoms with van der Waals surface area (Å²) in [6.45, 7) is 1.77. The van der Waals surface area contributed by atoms with Crippen LogP contribution in [0.4, 0.5) is 10.1 Å². The molecule has 0 atom stereocenters. The predicted molar refractivity (Wildman–Crippen MR) is 79.4 cm³/mol. The van der Waals surface area contributed by atoms with Crippen molar-refractivity contribution >= 4 is 27.5 Å². The molecule has 0 radical (unpaired) electrons. The zero-order chi connectivity index (χ0) is 14.5. The van der Waals surface area contributed by atoms with Crippen LogP contribution < -0.4 is 10.1 Å². The molecule has 2 aromatic carbocycles. The van der Waals surface area contributed by atoms with Crippen LogP contribution in [-0.4, -0.2) is 12.5 Å². The molecule has 0 saturated carbocycles. The highest BCUT2D eigenvalue weighted by Gasteiger charge is 2.05. The Morgan fingerprint density at radius 3 is 2.80 bits per heavy atom. The van der Waals surface area contributed by atoms with Gasteiger partial charge in [-0.1, -0.05) is 22.0 Å². The summed E-state index contributed by atoms with van der Waals surface area (Å²) in [7, 11) is 0. The second-order valence-corrected chi connectivity index (χ2v) is 5.11. The molecule has 1 N–H and O–H groups in total. The minimum absolute atomic E-state index is 0.168. The molecular weight excluding hydrogens is 325 g/mol. The molecule has 0 aliphatic rings. The first-order valence-electron chi connectivity index (χ1n) is 5.99. The summed E-state index contributed by atoms with van der Waals surface area (Å²) in [6.07, 6.45) is 0. The van der Waals surface area contributed by atoms with Crippen molar-refractivity contribution in [2.45, 2.75) is 6.92 Å². The molecule has 0 unspecified atom stereocenters. The number of benzene rings is 2. The second-order valence-electron chi connectivity index (χ2n) is 4.26. The lowest BCUT2D eigenvalue weighted by molar-refractivity contribution is -0.118. The normalized spacial score (nSPS) is 10.2. The van der Waals surface area contributed by atoms with E-state index in [9.17, 15) is 9.18 Å². The molecule has 0 fully saturated rings. The zero-order valence-corrected chi connectivity index (χ0v) is 12.4. The molecule has 1 amide bonds. The van der Waals surface area contributed by atoms with Gasteiger partial charge in [0.1, 0.15) is 11.6 Å². The summed E-state index contributed by atoms with van der Waals surface area (Å²) in [5.41, 5.74) is 1.72. The van der Waals surface area contributed by atoms with E-state index >= 15 is 0 Å². The van der Waals surface area contributed by atoms with Gasteiger partial charge in [0.05, 0.1) is 0 Å². The number of carbonyl (C=O) groups excluding carboxylic acids is 1. The van der Waals surface area contributed by atoms with Crippen molar-refractivity contribution in [2.75, 3.05) is 11.9 Å². The fraction of sp³-hybridized carbons (Fsp3) is 0.133. The van der Waals surface area contributed by atoms with E-state index in [2.05, 4.69) is 21.2 Å². The average molecular weight is 338 g/mol. The van der Waals surface area contributed by atoms with Crippen molar-refractivity contribution < 1.29 is 13.9 Å². The maximum atomic E-state index is 12.9. The Kier molecular flexibility index (Phi) is 4.74. The molecule has 20 heavy (non-hydrogen) atoms. The SMILES string of the molecule is Cc1cc(NC(=O)COc2cccc(F)c2)ccc1Br. The summed E-state index contributed by atoms with van der Waals surface area (Å²) in [5, 5.41) is 2.72. The van der Waals surface area contributed by atoms with Gasteiger partial charge < -0.3 is 10.1 Å². The van der Waals surface area contributed by atoms with Crippen LogP contribution in [0.2, 0.25) is 0 Å².